The van der Waals surface area contributed by atoms with Crippen LogP contribution in [0.3, 0.4) is 0 Å². The number of nitro groups is 1. The van der Waals surface area contributed by atoms with Gasteiger partial charge in [-0.2, -0.15) is 0 Å². The van der Waals surface area contributed by atoms with E-state index in [0.29, 0.717) is 28.4 Å². The summed E-state index contributed by atoms with van der Waals surface area (Å²) < 4.78 is 63.7. The zero-order valence-corrected chi connectivity index (χ0v) is 20.6. The minimum Gasteiger partial charge on any atom is -0.493 e. The van der Waals surface area contributed by atoms with Gasteiger partial charge in [-0.3, -0.25) is 14.8 Å². The fourth-order valence-corrected chi connectivity index (χ4v) is 4.39. The molecule has 0 aliphatic carbocycles. The number of rotatable bonds is 10. The van der Waals surface area contributed by atoms with Crippen LogP contribution in [0.1, 0.15) is 11.1 Å². The highest BCUT2D eigenvalue weighted by Gasteiger charge is 2.20. The van der Waals surface area contributed by atoms with E-state index in [4.69, 9.17) is 18.9 Å². The average Bonchev–Trinajstić information content (AvgIpc) is 2.86. The summed E-state index contributed by atoms with van der Waals surface area (Å²) in [6.07, 6.45) is 3.22. The van der Waals surface area contributed by atoms with E-state index in [2.05, 4.69) is 4.72 Å². The maximum atomic E-state index is 14.8. The van der Waals surface area contributed by atoms with Gasteiger partial charge in [0, 0.05) is 12.1 Å². The molecule has 0 saturated heterocycles. The Morgan fingerprint density at radius 3 is 1.83 bits per heavy atom. The van der Waals surface area contributed by atoms with Crippen molar-refractivity contribution in [3.05, 3.63) is 75.6 Å². The quantitative estimate of drug-likeness (QED) is 0.232. The highest BCUT2D eigenvalue weighted by Crippen LogP contribution is 2.39. The molecule has 190 valence electrons. The van der Waals surface area contributed by atoms with Crippen LogP contribution >= 0.6 is 0 Å². The summed E-state index contributed by atoms with van der Waals surface area (Å²) in [5.74, 6) is 0.148. The Labute approximate surface area is 207 Å². The first-order valence-electron chi connectivity index (χ1n) is 10.3. The van der Waals surface area contributed by atoms with Gasteiger partial charge in [-0.25, -0.2) is 12.8 Å². The van der Waals surface area contributed by atoms with Gasteiger partial charge in [-0.05, 0) is 47.5 Å². The Hall–Kier alpha value is -4.32. The minimum absolute atomic E-state index is 0.152. The second-order valence-electron chi connectivity index (χ2n) is 7.23. The molecule has 0 heterocycles. The number of ether oxygens (including phenoxy) is 4. The lowest BCUT2D eigenvalue weighted by molar-refractivity contribution is -0.384. The number of sulfonamides is 1. The number of nitrogens with zero attached hydrogens (tertiary/aromatic N) is 1. The van der Waals surface area contributed by atoms with Crippen molar-refractivity contribution in [3.8, 4) is 23.0 Å². The number of hydrogen-bond acceptors (Lipinski definition) is 8. The van der Waals surface area contributed by atoms with Gasteiger partial charge in [-0.1, -0.05) is 12.2 Å². The van der Waals surface area contributed by atoms with Gasteiger partial charge < -0.3 is 18.9 Å². The SMILES string of the molecule is COc1cc(/C=C\c2cc(F)c(OC)c(NS(=O)(=O)c3ccc([N+](=O)[O-])cc3)c2)cc(OC)c1OC. The predicted molar refractivity (Wildman–Crippen MR) is 132 cm³/mol. The highest BCUT2D eigenvalue weighted by atomic mass is 32.2. The zero-order valence-electron chi connectivity index (χ0n) is 19.8. The predicted octanol–water partition coefficient (Wildman–Crippen LogP) is 4.74. The summed E-state index contributed by atoms with van der Waals surface area (Å²) in [6.45, 7) is 0. The molecular weight excluding hydrogens is 495 g/mol. The molecule has 0 aliphatic heterocycles. The maximum Gasteiger partial charge on any atom is 0.269 e. The van der Waals surface area contributed by atoms with Crippen LogP contribution in [0.2, 0.25) is 0 Å². The van der Waals surface area contributed by atoms with Gasteiger partial charge in [0.25, 0.3) is 15.7 Å². The van der Waals surface area contributed by atoms with Crippen LogP contribution in [0.4, 0.5) is 15.8 Å². The fourth-order valence-electron chi connectivity index (χ4n) is 3.33. The monoisotopic (exact) mass is 518 g/mol. The van der Waals surface area contributed by atoms with Crippen molar-refractivity contribution in [3.63, 3.8) is 0 Å². The van der Waals surface area contributed by atoms with Gasteiger partial charge in [0.1, 0.15) is 0 Å². The number of anilines is 1. The number of hydrogen-bond donors (Lipinski definition) is 1. The molecule has 0 radical (unpaired) electrons. The standard InChI is InChI=1S/C24H23FN2O8S/c1-32-21-13-16(14-22(33-2)24(21)35-4)6-5-15-11-19(25)23(34-3)20(12-15)26-36(30,31)18-9-7-17(8-10-18)27(28)29/h5-14,26H,1-4H3/b6-5-. The van der Waals surface area contributed by atoms with Crippen molar-refractivity contribution in [2.45, 2.75) is 4.90 Å². The van der Waals surface area contributed by atoms with Crippen molar-refractivity contribution in [1.29, 1.82) is 0 Å². The molecule has 3 rings (SSSR count). The normalized spacial score (nSPS) is 11.2. The lowest BCUT2D eigenvalue weighted by atomic mass is 10.1. The molecule has 0 saturated carbocycles. The van der Waals surface area contributed by atoms with Crippen molar-refractivity contribution < 1.29 is 36.7 Å². The lowest BCUT2D eigenvalue weighted by Gasteiger charge is -2.14. The van der Waals surface area contributed by atoms with Crippen LogP contribution in [0, 0.1) is 15.9 Å². The third-order valence-electron chi connectivity index (χ3n) is 5.03. The molecule has 0 spiro atoms. The van der Waals surface area contributed by atoms with E-state index in [1.807, 2.05) is 0 Å². The van der Waals surface area contributed by atoms with E-state index in [1.165, 1.54) is 40.6 Å². The van der Waals surface area contributed by atoms with Crippen LogP contribution < -0.4 is 23.7 Å². The van der Waals surface area contributed by atoms with Crippen molar-refractivity contribution >= 4 is 33.6 Å². The second kappa shape index (κ2) is 11.0. The number of halogens is 1. The molecule has 12 heteroatoms. The molecule has 3 aromatic rings. The third-order valence-corrected chi connectivity index (χ3v) is 6.41. The largest absolute Gasteiger partial charge is 0.493 e. The molecule has 0 amide bonds. The Bertz CT molecular complexity index is 1380. The molecular formula is C24H23FN2O8S. The molecule has 0 unspecified atom stereocenters. The Morgan fingerprint density at radius 2 is 1.36 bits per heavy atom. The van der Waals surface area contributed by atoms with Crippen LogP contribution in [-0.2, 0) is 10.0 Å². The molecule has 3 aromatic carbocycles. The smallest absolute Gasteiger partial charge is 0.269 e. The average molecular weight is 519 g/mol. The van der Waals surface area contributed by atoms with Crippen LogP contribution in [0.15, 0.2) is 53.4 Å². The van der Waals surface area contributed by atoms with Crippen molar-refractivity contribution in [1.82, 2.24) is 0 Å². The molecule has 36 heavy (non-hydrogen) atoms. The fraction of sp³-hybridized carbons (Fsp3) is 0.167. The Balaban J connectivity index is 1.97. The first kappa shape index (κ1) is 26.3. The number of methoxy groups -OCH3 is 4. The summed E-state index contributed by atoms with van der Waals surface area (Å²) in [5.41, 5.74) is 0.550. The number of benzene rings is 3. The Kier molecular flexibility index (Phi) is 8.00. The zero-order chi connectivity index (χ0) is 26.5. The van der Waals surface area contributed by atoms with Crippen molar-refractivity contribution in [2.75, 3.05) is 33.2 Å². The number of nitro benzene ring substituents is 1. The van der Waals surface area contributed by atoms with Crippen LogP contribution in [0.5, 0.6) is 23.0 Å². The van der Waals surface area contributed by atoms with Gasteiger partial charge in [0.05, 0.1) is 43.9 Å². The summed E-state index contributed by atoms with van der Waals surface area (Å²) in [7, 11) is 1.44. The van der Waals surface area contributed by atoms with E-state index in [0.717, 1.165) is 24.3 Å². The first-order chi connectivity index (χ1) is 17.1. The summed E-state index contributed by atoms with van der Waals surface area (Å²) in [6, 6.07) is 10.2. The second-order valence-corrected chi connectivity index (χ2v) is 8.91. The minimum atomic E-state index is -4.21. The third kappa shape index (κ3) is 5.66. The van der Waals surface area contributed by atoms with Crippen molar-refractivity contribution in [2.24, 2.45) is 0 Å². The van der Waals surface area contributed by atoms with Crippen LogP contribution in [0.25, 0.3) is 12.2 Å². The van der Waals surface area contributed by atoms with E-state index < -0.39 is 20.8 Å². The van der Waals surface area contributed by atoms with Gasteiger partial charge in [0.2, 0.25) is 5.75 Å². The molecule has 0 aliphatic rings. The van der Waals surface area contributed by atoms with E-state index in [9.17, 15) is 22.9 Å². The molecule has 0 bridgehead atoms. The molecule has 0 atom stereocenters. The molecule has 0 fully saturated rings. The summed E-state index contributed by atoms with van der Waals surface area (Å²) in [5, 5.41) is 10.8. The Morgan fingerprint density at radius 1 is 0.833 bits per heavy atom. The number of nitrogens with one attached hydrogen (secondary N) is 1. The maximum absolute atomic E-state index is 14.8. The topological polar surface area (TPSA) is 126 Å². The van der Waals surface area contributed by atoms with E-state index in [-0.39, 0.29) is 22.0 Å². The van der Waals surface area contributed by atoms with Gasteiger partial charge >= 0.3 is 0 Å². The number of non-ortho nitro benzene ring substituents is 1. The molecule has 1 N–H and O–H groups in total. The van der Waals surface area contributed by atoms with Gasteiger partial charge in [-0.15, -0.1) is 0 Å². The molecule has 0 aromatic heterocycles. The van der Waals surface area contributed by atoms with Gasteiger partial charge in [0.15, 0.2) is 23.1 Å². The first-order valence-corrected chi connectivity index (χ1v) is 11.7. The van der Waals surface area contributed by atoms with Crippen LogP contribution in [-0.4, -0.2) is 41.8 Å². The molecule has 10 nitrogen and oxygen atoms in total. The van der Waals surface area contributed by atoms with E-state index in [1.54, 1.807) is 24.3 Å². The summed E-state index contributed by atoms with van der Waals surface area (Å²) in [4.78, 5) is 9.95. The summed E-state index contributed by atoms with van der Waals surface area (Å²) >= 11 is 0. The lowest BCUT2D eigenvalue weighted by Crippen LogP contribution is -2.14. The highest BCUT2D eigenvalue weighted by molar-refractivity contribution is 7.92. The van der Waals surface area contributed by atoms with E-state index >= 15 is 0 Å².